The Bertz CT molecular complexity index is 162. The first-order valence-corrected chi connectivity index (χ1v) is 3.17. The number of carbonyl (C=O) groups excluding carboxylic acids is 2. The molecule has 11 heavy (non-hydrogen) atoms. The Balaban J connectivity index is 4.34. The van der Waals surface area contributed by atoms with Gasteiger partial charge in [0.2, 0.25) is 12.3 Å². The van der Waals surface area contributed by atoms with Crippen molar-refractivity contribution in [2.24, 2.45) is 11.5 Å². The number of rotatable bonds is 4. The van der Waals surface area contributed by atoms with Crippen LogP contribution in [0.4, 0.5) is 0 Å². The first-order valence-electron chi connectivity index (χ1n) is 3.17. The molecule has 0 bridgehead atoms. The van der Waals surface area contributed by atoms with Crippen molar-refractivity contribution in [3.8, 4) is 0 Å². The summed E-state index contributed by atoms with van der Waals surface area (Å²) >= 11 is 0. The third kappa shape index (κ3) is 2.99. The maximum Gasteiger partial charge on any atom is 0.241 e. The average molecular weight is 159 g/mol. The molecule has 1 unspecified atom stereocenters. The summed E-state index contributed by atoms with van der Waals surface area (Å²) < 4.78 is 0. The molecular formula is C6H13N3O2. The van der Waals surface area contributed by atoms with Crippen molar-refractivity contribution in [2.45, 2.75) is 25.4 Å². The molecule has 0 saturated heterocycles. The maximum atomic E-state index is 10.7. The van der Waals surface area contributed by atoms with E-state index in [2.05, 4.69) is 5.32 Å². The van der Waals surface area contributed by atoms with E-state index in [1.165, 1.54) is 0 Å². The van der Waals surface area contributed by atoms with Crippen LogP contribution < -0.4 is 16.8 Å². The molecule has 0 heterocycles. The van der Waals surface area contributed by atoms with Crippen molar-refractivity contribution < 1.29 is 9.59 Å². The summed E-state index contributed by atoms with van der Waals surface area (Å²) in [6.07, 6.45) is 0.407. The molecule has 0 aliphatic rings. The number of carbonyl (C=O) groups is 2. The number of amides is 2. The molecule has 5 N–H and O–H groups in total. The third-order valence-electron chi connectivity index (χ3n) is 1.26. The summed E-state index contributed by atoms with van der Waals surface area (Å²) in [6.45, 7) is 3.22. The highest BCUT2D eigenvalue weighted by Crippen LogP contribution is 2.02. The molecular weight excluding hydrogens is 146 g/mol. The zero-order valence-corrected chi connectivity index (χ0v) is 6.63. The van der Waals surface area contributed by atoms with Crippen LogP contribution in [0.3, 0.4) is 0 Å². The molecule has 0 aliphatic heterocycles. The Labute approximate surface area is 65.1 Å². The smallest absolute Gasteiger partial charge is 0.241 e. The molecule has 5 heteroatoms. The summed E-state index contributed by atoms with van der Waals surface area (Å²) in [7, 11) is 0. The Morgan fingerprint density at radius 3 is 2.18 bits per heavy atom. The lowest BCUT2D eigenvalue weighted by Crippen LogP contribution is -2.59. The standard InChI is InChI=1S/C6H13N3O2/c1-6(2,8)4(5(7)11)9-3-10/h3-4H,8H2,1-2H3,(H2,7,11)(H,9,10). The summed E-state index contributed by atoms with van der Waals surface area (Å²) in [4.78, 5) is 20.6. The zero-order chi connectivity index (χ0) is 9.07. The van der Waals surface area contributed by atoms with Gasteiger partial charge >= 0.3 is 0 Å². The average Bonchev–Trinajstić information content (AvgIpc) is 1.79. The van der Waals surface area contributed by atoms with Gasteiger partial charge in [-0.3, -0.25) is 9.59 Å². The summed E-state index contributed by atoms with van der Waals surface area (Å²) in [6, 6.07) is -0.819. The number of hydrogen-bond donors (Lipinski definition) is 3. The first-order chi connectivity index (χ1) is 4.89. The van der Waals surface area contributed by atoms with E-state index in [1.54, 1.807) is 13.8 Å². The number of nitrogens with two attached hydrogens (primary N) is 2. The lowest BCUT2D eigenvalue weighted by molar-refractivity contribution is -0.124. The highest BCUT2D eigenvalue weighted by molar-refractivity contribution is 5.83. The Morgan fingerprint density at radius 1 is 1.64 bits per heavy atom. The third-order valence-corrected chi connectivity index (χ3v) is 1.26. The van der Waals surface area contributed by atoms with Gasteiger partial charge in [0, 0.05) is 5.54 Å². The predicted octanol–water partition coefficient (Wildman–Crippen LogP) is -1.68. The highest BCUT2D eigenvalue weighted by atomic mass is 16.2. The van der Waals surface area contributed by atoms with E-state index in [0.29, 0.717) is 6.41 Å². The van der Waals surface area contributed by atoms with Crippen molar-refractivity contribution in [2.75, 3.05) is 0 Å². The number of hydrogen-bond acceptors (Lipinski definition) is 3. The number of primary amides is 1. The van der Waals surface area contributed by atoms with Crippen molar-refractivity contribution >= 4 is 12.3 Å². The zero-order valence-electron chi connectivity index (χ0n) is 6.63. The molecule has 0 radical (unpaired) electrons. The largest absolute Gasteiger partial charge is 0.368 e. The van der Waals surface area contributed by atoms with Gasteiger partial charge in [0.15, 0.2) is 0 Å². The van der Waals surface area contributed by atoms with Gasteiger partial charge in [0.05, 0.1) is 0 Å². The molecule has 64 valence electrons. The van der Waals surface area contributed by atoms with Crippen LogP contribution in [0.1, 0.15) is 13.8 Å². The highest BCUT2D eigenvalue weighted by Gasteiger charge is 2.29. The molecule has 5 nitrogen and oxygen atoms in total. The normalized spacial score (nSPS) is 13.7. The molecule has 1 atom stereocenters. The fourth-order valence-corrected chi connectivity index (χ4v) is 0.732. The lowest BCUT2D eigenvalue weighted by Gasteiger charge is -2.26. The van der Waals surface area contributed by atoms with Crippen LogP contribution in [0.15, 0.2) is 0 Å². The monoisotopic (exact) mass is 159 g/mol. The second-order valence-corrected chi connectivity index (χ2v) is 2.94. The Kier molecular flexibility index (Phi) is 3.00. The summed E-state index contributed by atoms with van der Waals surface area (Å²) in [5, 5.41) is 2.24. The molecule has 0 aromatic heterocycles. The van der Waals surface area contributed by atoms with Gasteiger partial charge in [-0.2, -0.15) is 0 Å². The SMILES string of the molecule is CC(C)(N)C(NC=O)C(N)=O. The fraction of sp³-hybridized carbons (Fsp3) is 0.667. The minimum absolute atomic E-state index is 0.407. The second kappa shape index (κ2) is 3.34. The first kappa shape index (κ1) is 9.90. The molecule has 0 aromatic carbocycles. The minimum Gasteiger partial charge on any atom is -0.368 e. The second-order valence-electron chi connectivity index (χ2n) is 2.94. The molecule has 0 fully saturated rings. The maximum absolute atomic E-state index is 10.7. The molecule has 2 amide bonds. The number of nitrogens with one attached hydrogen (secondary N) is 1. The van der Waals surface area contributed by atoms with Gasteiger partial charge in [-0.25, -0.2) is 0 Å². The van der Waals surface area contributed by atoms with Gasteiger partial charge in [-0.15, -0.1) is 0 Å². The van der Waals surface area contributed by atoms with E-state index in [0.717, 1.165) is 0 Å². The van der Waals surface area contributed by atoms with Crippen molar-refractivity contribution in [3.05, 3.63) is 0 Å². The van der Waals surface area contributed by atoms with Crippen molar-refractivity contribution in [3.63, 3.8) is 0 Å². The Morgan fingerprint density at radius 2 is 2.09 bits per heavy atom. The molecule has 0 rings (SSSR count). The minimum atomic E-state index is -0.827. The Hall–Kier alpha value is -1.10. The van der Waals surface area contributed by atoms with Crippen LogP contribution in [0, 0.1) is 0 Å². The molecule has 0 aliphatic carbocycles. The summed E-state index contributed by atoms with van der Waals surface area (Å²) in [5.41, 5.74) is 9.69. The van der Waals surface area contributed by atoms with Gasteiger partial charge in [0.25, 0.3) is 0 Å². The van der Waals surface area contributed by atoms with Crippen LogP contribution in [0.2, 0.25) is 0 Å². The van der Waals surface area contributed by atoms with Gasteiger partial charge < -0.3 is 16.8 Å². The predicted molar refractivity (Wildman–Crippen MR) is 40.4 cm³/mol. The van der Waals surface area contributed by atoms with E-state index in [-0.39, 0.29) is 0 Å². The van der Waals surface area contributed by atoms with Crippen LogP contribution in [0.5, 0.6) is 0 Å². The van der Waals surface area contributed by atoms with Gasteiger partial charge in [-0.1, -0.05) is 0 Å². The van der Waals surface area contributed by atoms with E-state index in [9.17, 15) is 9.59 Å². The van der Waals surface area contributed by atoms with Crippen molar-refractivity contribution in [1.29, 1.82) is 0 Å². The van der Waals surface area contributed by atoms with Gasteiger partial charge in [-0.05, 0) is 13.8 Å². The molecule has 0 aromatic rings. The van der Waals surface area contributed by atoms with E-state index >= 15 is 0 Å². The van der Waals surface area contributed by atoms with Crippen LogP contribution in [0.25, 0.3) is 0 Å². The quantitative estimate of drug-likeness (QED) is 0.427. The van der Waals surface area contributed by atoms with Crippen LogP contribution >= 0.6 is 0 Å². The van der Waals surface area contributed by atoms with Crippen molar-refractivity contribution in [1.82, 2.24) is 5.32 Å². The van der Waals surface area contributed by atoms with Crippen LogP contribution in [-0.4, -0.2) is 23.9 Å². The van der Waals surface area contributed by atoms with E-state index in [4.69, 9.17) is 11.5 Å². The topological polar surface area (TPSA) is 98.2 Å². The van der Waals surface area contributed by atoms with Crippen LogP contribution in [-0.2, 0) is 9.59 Å². The summed E-state index contributed by atoms with van der Waals surface area (Å²) in [5.74, 6) is -0.635. The molecule has 0 spiro atoms. The lowest BCUT2D eigenvalue weighted by atomic mass is 9.96. The van der Waals surface area contributed by atoms with E-state index < -0.39 is 17.5 Å². The fourth-order valence-electron chi connectivity index (χ4n) is 0.732. The van der Waals surface area contributed by atoms with E-state index in [1.807, 2.05) is 0 Å². The molecule has 0 saturated carbocycles. The van der Waals surface area contributed by atoms with Gasteiger partial charge in [0.1, 0.15) is 6.04 Å².